The molecule has 1 heteroatoms. The third kappa shape index (κ3) is 1.02. The second-order valence-corrected chi connectivity index (χ2v) is 5.26. The number of hydrogen-bond donors (Lipinski definition) is 1. The molecule has 0 aromatic heterocycles. The first-order valence-corrected chi connectivity index (χ1v) is 5.48. The molecule has 3 aliphatic rings. The van der Waals surface area contributed by atoms with Crippen molar-refractivity contribution in [3.8, 4) is 0 Å². The van der Waals surface area contributed by atoms with Crippen LogP contribution in [0.25, 0.3) is 0 Å². The van der Waals surface area contributed by atoms with Gasteiger partial charge in [0.2, 0.25) is 0 Å². The lowest BCUT2D eigenvalue weighted by atomic mass is 9.97. The normalized spacial score (nSPS) is 48.2. The van der Waals surface area contributed by atoms with Crippen molar-refractivity contribution in [1.29, 1.82) is 0 Å². The molecule has 0 saturated heterocycles. The van der Waals surface area contributed by atoms with Gasteiger partial charge < -0.3 is 5.11 Å². The molecule has 0 aliphatic heterocycles. The molecule has 0 aromatic carbocycles. The Labute approximate surface area is 74.2 Å². The van der Waals surface area contributed by atoms with E-state index in [0.29, 0.717) is 5.92 Å². The predicted octanol–water partition coefficient (Wildman–Crippen LogP) is 2.34. The molecule has 3 atom stereocenters. The lowest BCUT2D eigenvalue weighted by Crippen LogP contribution is -2.13. The molecule has 0 heterocycles. The fourth-order valence-corrected chi connectivity index (χ4v) is 3.20. The van der Waals surface area contributed by atoms with E-state index in [1.165, 1.54) is 38.5 Å². The number of rotatable bonds is 2. The third-order valence-electron chi connectivity index (χ3n) is 4.46. The zero-order valence-corrected chi connectivity index (χ0v) is 7.63. The quantitative estimate of drug-likeness (QED) is 0.667. The highest BCUT2D eigenvalue weighted by Gasteiger charge is 2.62. The molecule has 3 rings (SSSR count). The maximum absolute atomic E-state index is 9.66. The van der Waals surface area contributed by atoms with Crippen LogP contribution in [0, 0.1) is 17.3 Å². The second-order valence-electron chi connectivity index (χ2n) is 5.26. The molecule has 1 N–H and O–H groups in total. The zero-order chi connectivity index (χ0) is 8.18. The van der Waals surface area contributed by atoms with Gasteiger partial charge in [-0.25, -0.2) is 0 Å². The number of hydrogen-bond acceptors (Lipinski definition) is 1. The van der Waals surface area contributed by atoms with Crippen LogP contribution in [-0.4, -0.2) is 11.2 Å². The molecule has 3 fully saturated rings. The molecule has 3 saturated carbocycles. The largest absolute Gasteiger partial charge is 0.393 e. The Balaban J connectivity index is 1.55. The van der Waals surface area contributed by atoms with Crippen LogP contribution in [0.4, 0.5) is 0 Å². The van der Waals surface area contributed by atoms with Crippen LogP contribution in [0.2, 0.25) is 0 Å². The molecule has 1 spiro atoms. The summed E-state index contributed by atoms with van der Waals surface area (Å²) in [5, 5.41) is 9.66. The lowest BCUT2D eigenvalue weighted by molar-refractivity contribution is 0.123. The summed E-state index contributed by atoms with van der Waals surface area (Å²) in [5.74, 6) is 1.70. The molecule has 3 aliphatic carbocycles. The van der Waals surface area contributed by atoms with Crippen molar-refractivity contribution in [2.45, 2.75) is 51.0 Å². The van der Waals surface area contributed by atoms with Crippen molar-refractivity contribution in [2.75, 3.05) is 0 Å². The van der Waals surface area contributed by atoms with Gasteiger partial charge in [0.15, 0.2) is 0 Å². The summed E-state index contributed by atoms with van der Waals surface area (Å²) in [5.41, 5.74) is 0.850. The van der Waals surface area contributed by atoms with E-state index in [1.807, 2.05) is 0 Å². The zero-order valence-electron chi connectivity index (χ0n) is 7.63. The Hall–Kier alpha value is -0.0400. The standard InChI is InChI=1S/C11H18O/c12-10-3-1-2-8(10)6-9-7-11(9)4-5-11/h8-10,12H,1-7H2/t8-,9?,10+/m0/s1. The highest BCUT2D eigenvalue weighted by molar-refractivity contribution is 5.12. The predicted molar refractivity (Wildman–Crippen MR) is 47.7 cm³/mol. The SMILES string of the molecule is O[C@@H]1CCC[C@H]1CC1CC12CC2. The molecule has 68 valence electrons. The molecule has 0 aromatic rings. The summed E-state index contributed by atoms with van der Waals surface area (Å²) in [6, 6.07) is 0. The van der Waals surface area contributed by atoms with Crippen molar-refractivity contribution in [2.24, 2.45) is 17.3 Å². The van der Waals surface area contributed by atoms with Gasteiger partial charge in [0.05, 0.1) is 6.10 Å². The van der Waals surface area contributed by atoms with Gasteiger partial charge in [-0.2, -0.15) is 0 Å². The van der Waals surface area contributed by atoms with Crippen LogP contribution >= 0.6 is 0 Å². The minimum Gasteiger partial charge on any atom is -0.393 e. The van der Waals surface area contributed by atoms with E-state index in [-0.39, 0.29) is 6.10 Å². The van der Waals surface area contributed by atoms with Crippen LogP contribution in [0.5, 0.6) is 0 Å². The van der Waals surface area contributed by atoms with E-state index in [2.05, 4.69) is 0 Å². The van der Waals surface area contributed by atoms with Crippen LogP contribution < -0.4 is 0 Å². The second kappa shape index (κ2) is 2.25. The van der Waals surface area contributed by atoms with Gasteiger partial charge in [0.25, 0.3) is 0 Å². The topological polar surface area (TPSA) is 20.2 Å². The van der Waals surface area contributed by atoms with Crippen molar-refractivity contribution >= 4 is 0 Å². The lowest BCUT2D eigenvalue weighted by Gasteiger charge is -2.13. The fourth-order valence-electron chi connectivity index (χ4n) is 3.20. The van der Waals surface area contributed by atoms with Crippen molar-refractivity contribution in [3.05, 3.63) is 0 Å². The smallest absolute Gasteiger partial charge is 0.0568 e. The van der Waals surface area contributed by atoms with E-state index in [4.69, 9.17) is 0 Å². The Kier molecular flexibility index (Phi) is 1.39. The Morgan fingerprint density at radius 3 is 2.58 bits per heavy atom. The monoisotopic (exact) mass is 166 g/mol. The molecular formula is C11H18O. The number of aliphatic hydroxyl groups excluding tert-OH is 1. The summed E-state index contributed by atoms with van der Waals surface area (Å²) in [6.45, 7) is 0. The minimum absolute atomic E-state index is 0.0569. The maximum Gasteiger partial charge on any atom is 0.0568 e. The highest BCUT2D eigenvalue weighted by atomic mass is 16.3. The van der Waals surface area contributed by atoms with Crippen LogP contribution in [-0.2, 0) is 0 Å². The van der Waals surface area contributed by atoms with Gasteiger partial charge in [-0.15, -0.1) is 0 Å². The number of aliphatic hydroxyl groups is 1. The molecule has 0 radical (unpaired) electrons. The van der Waals surface area contributed by atoms with Gasteiger partial charge in [0, 0.05) is 0 Å². The Bertz CT molecular complexity index is 195. The first-order valence-electron chi connectivity index (χ1n) is 5.48. The highest BCUT2D eigenvalue weighted by Crippen LogP contribution is 2.72. The maximum atomic E-state index is 9.66. The molecule has 1 nitrogen and oxygen atoms in total. The van der Waals surface area contributed by atoms with Gasteiger partial charge in [-0.05, 0) is 55.8 Å². The van der Waals surface area contributed by atoms with Crippen molar-refractivity contribution in [3.63, 3.8) is 0 Å². The summed E-state index contributed by atoms with van der Waals surface area (Å²) in [7, 11) is 0. The Morgan fingerprint density at radius 2 is 2.08 bits per heavy atom. The third-order valence-corrected chi connectivity index (χ3v) is 4.46. The van der Waals surface area contributed by atoms with Gasteiger partial charge >= 0.3 is 0 Å². The summed E-state index contributed by atoms with van der Waals surface area (Å²) >= 11 is 0. The van der Waals surface area contributed by atoms with E-state index in [9.17, 15) is 5.11 Å². The molecule has 1 unspecified atom stereocenters. The van der Waals surface area contributed by atoms with Gasteiger partial charge in [-0.3, -0.25) is 0 Å². The van der Waals surface area contributed by atoms with Crippen LogP contribution in [0.15, 0.2) is 0 Å². The van der Waals surface area contributed by atoms with Gasteiger partial charge in [-0.1, -0.05) is 6.42 Å². The first-order chi connectivity index (χ1) is 5.80. The molecule has 12 heavy (non-hydrogen) atoms. The summed E-state index contributed by atoms with van der Waals surface area (Å²) < 4.78 is 0. The fraction of sp³-hybridized carbons (Fsp3) is 1.00. The Morgan fingerprint density at radius 1 is 1.25 bits per heavy atom. The van der Waals surface area contributed by atoms with Crippen molar-refractivity contribution in [1.82, 2.24) is 0 Å². The molecular weight excluding hydrogens is 148 g/mol. The summed E-state index contributed by atoms with van der Waals surface area (Å²) in [6.07, 6.45) is 9.54. The van der Waals surface area contributed by atoms with E-state index < -0.39 is 0 Å². The minimum atomic E-state index is 0.0569. The van der Waals surface area contributed by atoms with Crippen molar-refractivity contribution < 1.29 is 5.11 Å². The molecule has 0 amide bonds. The van der Waals surface area contributed by atoms with Crippen LogP contribution in [0.1, 0.15) is 44.9 Å². The summed E-state index contributed by atoms with van der Waals surface area (Å²) in [4.78, 5) is 0. The average molecular weight is 166 g/mol. The van der Waals surface area contributed by atoms with E-state index in [0.717, 1.165) is 17.8 Å². The van der Waals surface area contributed by atoms with Gasteiger partial charge in [0.1, 0.15) is 0 Å². The van der Waals surface area contributed by atoms with E-state index in [1.54, 1.807) is 0 Å². The van der Waals surface area contributed by atoms with Crippen LogP contribution in [0.3, 0.4) is 0 Å². The average Bonchev–Trinajstić information content (AvgIpc) is 2.91. The van der Waals surface area contributed by atoms with E-state index >= 15 is 0 Å². The molecule has 0 bridgehead atoms. The first kappa shape index (κ1) is 7.37.